The lowest BCUT2D eigenvalue weighted by molar-refractivity contribution is 0.277. The molecule has 0 unspecified atom stereocenters. The van der Waals surface area contributed by atoms with Crippen LogP contribution in [0.5, 0.6) is 0 Å². The van der Waals surface area contributed by atoms with E-state index in [4.69, 9.17) is 5.73 Å². The molecule has 1 aliphatic rings. The molecule has 4 nitrogen and oxygen atoms in total. The van der Waals surface area contributed by atoms with Crippen molar-refractivity contribution in [3.63, 3.8) is 0 Å². The molecule has 1 fully saturated rings. The number of nitrogens with zero attached hydrogens (tertiary/aromatic N) is 3. The summed E-state index contributed by atoms with van der Waals surface area (Å²) in [6, 6.07) is 0. The van der Waals surface area contributed by atoms with E-state index in [0.717, 1.165) is 24.7 Å². The van der Waals surface area contributed by atoms with Gasteiger partial charge in [0, 0.05) is 24.4 Å². The van der Waals surface area contributed by atoms with Crippen molar-refractivity contribution in [3.05, 3.63) is 16.1 Å². The van der Waals surface area contributed by atoms with Gasteiger partial charge in [0.25, 0.3) is 0 Å². The standard InChI is InChI=1S/C14H24N4S.HI/c1-10(2)13-17-12(9-19-13)8-16-14(15)18-6-4-11(3)5-7-18;/h9-11H,4-8H2,1-3H3,(H2,15,16);1H. The first kappa shape index (κ1) is 17.7. The van der Waals surface area contributed by atoms with Crippen LogP contribution in [0.1, 0.15) is 50.2 Å². The lowest BCUT2D eigenvalue weighted by Gasteiger charge is -2.30. The first-order valence-electron chi connectivity index (χ1n) is 7.05. The van der Waals surface area contributed by atoms with E-state index < -0.39 is 0 Å². The maximum atomic E-state index is 6.06. The van der Waals surface area contributed by atoms with Crippen LogP contribution in [0.2, 0.25) is 0 Å². The molecule has 1 aromatic heterocycles. The second kappa shape index (κ2) is 8.17. The largest absolute Gasteiger partial charge is 0.370 e. The monoisotopic (exact) mass is 408 g/mol. The Morgan fingerprint density at radius 3 is 2.70 bits per heavy atom. The quantitative estimate of drug-likeness (QED) is 0.474. The van der Waals surface area contributed by atoms with E-state index in [-0.39, 0.29) is 24.0 Å². The summed E-state index contributed by atoms with van der Waals surface area (Å²) in [7, 11) is 0. The van der Waals surface area contributed by atoms with Crippen LogP contribution in [0.15, 0.2) is 10.4 Å². The maximum absolute atomic E-state index is 6.06. The number of rotatable bonds is 3. The smallest absolute Gasteiger partial charge is 0.191 e. The van der Waals surface area contributed by atoms with E-state index >= 15 is 0 Å². The highest BCUT2D eigenvalue weighted by atomic mass is 127. The summed E-state index contributed by atoms with van der Waals surface area (Å²) in [5, 5.41) is 3.26. The normalized spacial score (nSPS) is 17.4. The van der Waals surface area contributed by atoms with Crippen LogP contribution in [-0.2, 0) is 6.54 Å². The Labute approximate surface area is 142 Å². The predicted molar refractivity (Wildman–Crippen MR) is 96.9 cm³/mol. The third-order valence-electron chi connectivity index (χ3n) is 3.57. The van der Waals surface area contributed by atoms with Crippen LogP contribution in [0.3, 0.4) is 0 Å². The number of aliphatic imine (C=N–C) groups is 1. The molecule has 1 aromatic rings. The molecule has 0 atom stereocenters. The van der Waals surface area contributed by atoms with E-state index in [1.54, 1.807) is 11.3 Å². The summed E-state index contributed by atoms with van der Waals surface area (Å²) < 4.78 is 0. The Hall–Kier alpha value is -0.370. The molecule has 0 bridgehead atoms. The van der Waals surface area contributed by atoms with Crippen LogP contribution in [0.4, 0.5) is 0 Å². The molecule has 1 aliphatic heterocycles. The molecule has 6 heteroatoms. The summed E-state index contributed by atoms with van der Waals surface area (Å²) in [5.41, 5.74) is 7.09. The lowest BCUT2D eigenvalue weighted by Crippen LogP contribution is -2.42. The fraction of sp³-hybridized carbons (Fsp3) is 0.714. The summed E-state index contributed by atoms with van der Waals surface area (Å²) in [4.78, 5) is 11.2. The summed E-state index contributed by atoms with van der Waals surface area (Å²) in [6.45, 7) is 9.29. The number of halogens is 1. The fourth-order valence-electron chi connectivity index (χ4n) is 2.16. The van der Waals surface area contributed by atoms with Gasteiger partial charge in [-0.25, -0.2) is 9.98 Å². The highest BCUT2D eigenvalue weighted by Crippen LogP contribution is 2.20. The number of piperidine rings is 1. The van der Waals surface area contributed by atoms with Crippen molar-refractivity contribution in [1.29, 1.82) is 0 Å². The Balaban J connectivity index is 0.00000200. The number of hydrogen-bond donors (Lipinski definition) is 1. The second-order valence-electron chi connectivity index (χ2n) is 5.68. The van der Waals surface area contributed by atoms with E-state index in [0.29, 0.717) is 18.4 Å². The highest BCUT2D eigenvalue weighted by Gasteiger charge is 2.16. The van der Waals surface area contributed by atoms with Crippen molar-refractivity contribution in [3.8, 4) is 0 Å². The van der Waals surface area contributed by atoms with E-state index in [2.05, 4.69) is 41.0 Å². The van der Waals surface area contributed by atoms with Gasteiger partial charge in [0.05, 0.1) is 17.2 Å². The minimum absolute atomic E-state index is 0. The first-order valence-corrected chi connectivity index (χ1v) is 7.93. The number of aromatic nitrogens is 1. The molecule has 0 radical (unpaired) electrons. The number of nitrogens with two attached hydrogens (primary N) is 1. The van der Waals surface area contributed by atoms with Crippen LogP contribution in [0.25, 0.3) is 0 Å². The van der Waals surface area contributed by atoms with Gasteiger partial charge in [-0.3, -0.25) is 0 Å². The molecule has 2 heterocycles. The molecule has 2 rings (SSSR count). The van der Waals surface area contributed by atoms with E-state index in [9.17, 15) is 0 Å². The average molecular weight is 408 g/mol. The summed E-state index contributed by atoms with van der Waals surface area (Å²) >= 11 is 1.71. The van der Waals surface area contributed by atoms with Gasteiger partial charge in [-0.05, 0) is 18.8 Å². The van der Waals surface area contributed by atoms with Crippen LogP contribution < -0.4 is 5.73 Å². The van der Waals surface area contributed by atoms with Gasteiger partial charge < -0.3 is 10.6 Å². The molecule has 0 aliphatic carbocycles. The van der Waals surface area contributed by atoms with Crippen molar-refractivity contribution in [2.45, 2.75) is 46.1 Å². The van der Waals surface area contributed by atoms with Crippen LogP contribution >= 0.6 is 35.3 Å². The zero-order valence-corrected chi connectivity index (χ0v) is 15.6. The van der Waals surface area contributed by atoms with Crippen molar-refractivity contribution in [2.75, 3.05) is 13.1 Å². The van der Waals surface area contributed by atoms with Gasteiger partial charge in [-0.15, -0.1) is 35.3 Å². The van der Waals surface area contributed by atoms with E-state index in [1.807, 2.05) is 0 Å². The predicted octanol–water partition coefficient (Wildman–Crippen LogP) is 3.43. The second-order valence-corrected chi connectivity index (χ2v) is 6.57. The molecule has 0 saturated carbocycles. The molecule has 114 valence electrons. The molecular formula is C14H25IN4S. The van der Waals surface area contributed by atoms with Crippen molar-refractivity contribution < 1.29 is 0 Å². The van der Waals surface area contributed by atoms with Gasteiger partial charge in [-0.2, -0.15) is 0 Å². The highest BCUT2D eigenvalue weighted by molar-refractivity contribution is 14.0. The van der Waals surface area contributed by atoms with Gasteiger partial charge in [0.15, 0.2) is 5.96 Å². The Kier molecular flexibility index (Phi) is 7.22. The first-order chi connectivity index (χ1) is 9.06. The van der Waals surface area contributed by atoms with Crippen molar-refractivity contribution in [1.82, 2.24) is 9.88 Å². The average Bonchev–Trinajstić information content (AvgIpc) is 2.86. The van der Waals surface area contributed by atoms with E-state index in [1.165, 1.54) is 17.8 Å². The topological polar surface area (TPSA) is 54.5 Å². The van der Waals surface area contributed by atoms with Crippen molar-refractivity contribution in [2.24, 2.45) is 16.6 Å². The Morgan fingerprint density at radius 2 is 2.15 bits per heavy atom. The molecule has 2 N–H and O–H groups in total. The van der Waals surface area contributed by atoms with Crippen LogP contribution in [0, 0.1) is 5.92 Å². The molecule has 0 aromatic carbocycles. The summed E-state index contributed by atoms with van der Waals surface area (Å²) in [5.74, 6) is 1.98. The minimum atomic E-state index is 0. The zero-order chi connectivity index (χ0) is 13.8. The van der Waals surface area contributed by atoms with Gasteiger partial charge >= 0.3 is 0 Å². The molecular weight excluding hydrogens is 383 g/mol. The van der Waals surface area contributed by atoms with Crippen molar-refractivity contribution >= 4 is 41.3 Å². The number of thiazole rings is 1. The maximum Gasteiger partial charge on any atom is 0.191 e. The Morgan fingerprint density at radius 1 is 1.50 bits per heavy atom. The SMILES string of the molecule is CC1CCN(C(N)=NCc2csc(C(C)C)n2)CC1.I. The minimum Gasteiger partial charge on any atom is -0.370 e. The third kappa shape index (κ3) is 4.87. The van der Waals surface area contributed by atoms with Gasteiger partial charge in [0.1, 0.15) is 0 Å². The molecule has 1 saturated heterocycles. The van der Waals surface area contributed by atoms with Crippen LogP contribution in [-0.4, -0.2) is 28.9 Å². The van der Waals surface area contributed by atoms with Gasteiger partial charge in [0.2, 0.25) is 0 Å². The Bertz CT molecular complexity index is 436. The number of hydrogen-bond acceptors (Lipinski definition) is 3. The molecule has 0 amide bonds. The number of guanidine groups is 1. The third-order valence-corrected chi connectivity index (χ3v) is 4.77. The lowest BCUT2D eigenvalue weighted by atomic mass is 10.00. The number of likely N-dealkylation sites (tertiary alicyclic amines) is 1. The van der Waals surface area contributed by atoms with Gasteiger partial charge in [-0.1, -0.05) is 20.8 Å². The fourth-order valence-corrected chi connectivity index (χ4v) is 2.99. The molecule has 20 heavy (non-hydrogen) atoms. The summed E-state index contributed by atoms with van der Waals surface area (Å²) in [6.07, 6.45) is 2.43. The zero-order valence-electron chi connectivity index (χ0n) is 12.5. The molecule has 0 spiro atoms.